The quantitative estimate of drug-likeness (QED) is 0.373. The minimum Gasteiger partial charge on any atom is -0.265 e. The number of carbonyl (C=O) groups is 1. The second kappa shape index (κ2) is 8.50. The van der Waals surface area contributed by atoms with Crippen LogP contribution in [0.5, 0.6) is 0 Å². The molecule has 2 aromatic carbocycles. The van der Waals surface area contributed by atoms with Gasteiger partial charge in [-0.15, -0.1) is 22.7 Å². The molecule has 1 N–H and O–H groups in total. The maximum atomic E-state index is 13.2. The van der Waals surface area contributed by atoms with Gasteiger partial charge < -0.3 is 0 Å². The van der Waals surface area contributed by atoms with Gasteiger partial charge in [0, 0.05) is 32.6 Å². The lowest BCUT2D eigenvalue weighted by Crippen LogP contribution is -2.28. The molecule has 7 nitrogen and oxygen atoms in total. The van der Waals surface area contributed by atoms with Crippen molar-refractivity contribution in [1.82, 2.24) is 9.97 Å². The van der Waals surface area contributed by atoms with Crippen molar-refractivity contribution < 1.29 is 4.79 Å². The molecule has 0 aliphatic carbocycles. The first kappa shape index (κ1) is 19.7. The van der Waals surface area contributed by atoms with Crippen LogP contribution in [0.3, 0.4) is 0 Å². The highest BCUT2D eigenvalue weighted by Gasteiger charge is 2.35. The van der Waals surface area contributed by atoms with Crippen molar-refractivity contribution in [1.29, 1.82) is 0 Å². The third-order valence-corrected chi connectivity index (χ3v) is 6.40. The van der Waals surface area contributed by atoms with E-state index in [-0.39, 0.29) is 11.6 Å². The summed E-state index contributed by atoms with van der Waals surface area (Å²) < 4.78 is 0.993. The Morgan fingerprint density at radius 2 is 1.81 bits per heavy atom. The van der Waals surface area contributed by atoms with Gasteiger partial charge in [0.1, 0.15) is 5.71 Å². The number of hydrazone groups is 2. The van der Waals surface area contributed by atoms with Crippen LogP contribution in [0, 0.1) is 0 Å². The number of hydrogen-bond donors (Lipinski definition) is 1. The molecule has 10 heteroatoms. The highest BCUT2D eigenvalue weighted by Crippen LogP contribution is 2.31. The summed E-state index contributed by atoms with van der Waals surface area (Å²) in [5, 5.41) is 15.0. The summed E-state index contributed by atoms with van der Waals surface area (Å²) in [6.45, 7) is 0. The van der Waals surface area contributed by atoms with Gasteiger partial charge in [-0.05, 0) is 12.1 Å². The minimum atomic E-state index is -0.348. The molecule has 0 atom stereocenters. The molecule has 0 bridgehead atoms. The summed E-state index contributed by atoms with van der Waals surface area (Å²) in [7, 11) is 0. The van der Waals surface area contributed by atoms with E-state index in [0.717, 1.165) is 21.3 Å². The van der Waals surface area contributed by atoms with Crippen LogP contribution in [0.2, 0.25) is 0 Å². The standard InChI is InChI=1S/C21H13BrN6OS2/c22-15-8-6-13(7-9-15)16-12-31-21(24-16)28-19(29)18(25-26-20-23-10-11-30-20)17(27-28)14-4-2-1-3-5-14/h1-12H,(H,23,26)/b25-18-. The molecule has 3 heterocycles. The summed E-state index contributed by atoms with van der Waals surface area (Å²) >= 11 is 6.19. The van der Waals surface area contributed by atoms with Crippen LogP contribution < -0.4 is 10.4 Å². The molecule has 0 spiro atoms. The van der Waals surface area contributed by atoms with Gasteiger partial charge in [-0.1, -0.05) is 58.4 Å². The molecule has 5 rings (SSSR count). The number of amides is 1. The molecular weight excluding hydrogens is 496 g/mol. The van der Waals surface area contributed by atoms with Crippen LogP contribution in [-0.4, -0.2) is 27.3 Å². The summed E-state index contributed by atoms with van der Waals surface area (Å²) in [4.78, 5) is 22.0. The first-order valence-electron chi connectivity index (χ1n) is 9.12. The van der Waals surface area contributed by atoms with E-state index >= 15 is 0 Å². The molecule has 1 aliphatic heterocycles. The highest BCUT2D eigenvalue weighted by molar-refractivity contribution is 9.10. The molecule has 0 saturated heterocycles. The average molecular weight is 509 g/mol. The largest absolute Gasteiger partial charge is 0.303 e. The van der Waals surface area contributed by atoms with Crippen molar-refractivity contribution in [3.05, 3.63) is 81.6 Å². The first-order chi connectivity index (χ1) is 15.2. The lowest BCUT2D eigenvalue weighted by atomic mass is 10.1. The number of benzene rings is 2. The zero-order valence-electron chi connectivity index (χ0n) is 15.8. The second-order valence-corrected chi connectivity index (χ2v) is 9.01. The molecule has 0 radical (unpaired) electrons. The monoisotopic (exact) mass is 508 g/mol. The molecule has 1 amide bonds. The number of anilines is 2. The van der Waals surface area contributed by atoms with Crippen molar-refractivity contribution in [3.63, 3.8) is 0 Å². The van der Waals surface area contributed by atoms with E-state index in [9.17, 15) is 4.79 Å². The second-order valence-electron chi connectivity index (χ2n) is 6.36. The molecule has 0 fully saturated rings. The topological polar surface area (TPSA) is 82.8 Å². The normalized spacial score (nSPS) is 14.9. The molecule has 0 unspecified atom stereocenters. The Kier molecular flexibility index (Phi) is 5.41. The van der Waals surface area contributed by atoms with Crippen molar-refractivity contribution in [3.8, 4) is 11.3 Å². The van der Waals surface area contributed by atoms with Gasteiger partial charge in [0.25, 0.3) is 0 Å². The zero-order valence-corrected chi connectivity index (χ0v) is 19.0. The van der Waals surface area contributed by atoms with Gasteiger partial charge in [-0.3, -0.25) is 10.2 Å². The van der Waals surface area contributed by atoms with Crippen LogP contribution in [0.15, 0.2) is 86.2 Å². The fourth-order valence-corrected chi connectivity index (χ4v) is 4.43. The van der Waals surface area contributed by atoms with Gasteiger partial charge in [-0.2, -0.15) is 15.2 Å². The Morgan fingerprint density at radius 3 is 2.55 bits per heavy atom. The maximum Gasteiger partial charge on any atom is 0.303 e. The number of rotatable bonds is 5. The summed E-state index contributed by atoms with van der Waals surface area (Å²) in [6.07, 6.45) is 1.67. The number of carbonyl (C=O) groups excluding carboxylic acids is 1. The van der Waals surface area contributed by atoms with Crippen LogP contribution in [-0.2, 0) is 4.79 Å². The number of nitrogens with zero attached hydrogens (tertiary/aromatic N) is 5. The molecule has 1 aliphatic rings. The highest BCUT2D eigenvalue weighted by atomic mass is 79.9. The Balaban J connectivity index is 1.50. The van der Waals surface area contributed by atoms with Gasteiger partial charge >= 0.3 is 5.91 Å². The predicted molar refractivity (Wildman–Crippen MR) is 129 cm³/mol. The Bertz CT molecular complexity index is 1280. The van der Waals surface area contributed by atoms with Crippen LogP contribution >= 0.6 is 38.6 Å². The number of halogens is 1. The predicted octanol–water partition coefficient (Wildman–Crippen LogP) is 5.25. The molecule has 31 heavy (non-hydrogen) atoms. The van der Waals surface area contributed by atoms with Gasteiger partial charge in [0.15, 0.2) is 5.71 Å². The van der Waals surface area contributed by atoms with E-state index in [2.05, 4.69) is 41.5 Å². The third kappa shape index (κ3) is 4.05. The Morgan fingerprint density at radius 1 is 1.00 bits per heavy atom. The maximum absolute atomic E-state index is 13.2. The lowest BCUT2D eigenvalue weighted by molar-refractivity contribution is -0.112. The molecular formula is C21H13BrN6OS2. The SMILES string of the molecule is O=C1/C(=N\Nc2nccs2)C(c2ccccc2)=NN1c1nc(-c2ccc(Br)cc2)cs1. The van der Waals surface area contributed by atoms with Crippen molar-refractivity contribution in [2.75, 3.05) is 10.4 Å². The number of nitrogens with one attached hydrogen (secondary N) is 1. The fraction of sp³-hybridized carbons (Fsp3) is 0. The van der Waals surface area contributed by atoms with E-state index in [0.29, 0.717) is 16.0 Å². The number of aromatic nitrogens is 2. The summed E-state index contributed by atoms with van der Waals surface area (Å²) in [6, 6.07) is 17.3. The van der Waals surface area contributed by atoms with Gasteiger partial charge in [-0.25, -0.2) is 9.97 Å². The van der Waals surface area contributed by atoms with Crippen molar-refractivity contribution >= 4 is 66.2 Å². The van der Waals surface area contributed by atoms with Crippen LogP contribution in [0.1, 0.15) is 5.56 Å². The zero-order chi connectivity index (χ0) is 21.2. The number of thiazole rings is 2. The Hall–Kier alpha value is -3.21. The van der Waals surface area contributed by atoms with Gasteiger partial charge in [0.05, 0.1) is 5.69 Å². The van der Waals surface area contributed by atoms with Crippen molar-refractivity contribution in [2.45, 2.75) is 0 Å². The van der Waals surface area contributed by atoms with Gasteiger partial charge in [0.2, 0.25) is 10.3 Å². The van der Waals surface area contributed by atoms with Crippen molar-refractivity contribution in [2.24, 2.45) is 10.2 Å². The van der Waals surface area contributed by atoms with E-state index in [1.807, 2.05) is 65.4 Å². The average Bonchev–Trinajstić information content (AvgIpc) is 3.54. The third-order valence-electron chi connectivity index (χ3n) is 4.38. The van der Waals surface area contributed by atoms with Crippen LogP contribution in [0.25, 0.3) is 11.3 Å². The number of hydrogen-bond acceptors (Lipinski definition) is 8. The summed E-state index contributed by atoms with van der Waals surface area (Å²) in [5.41, 5.74) is 6.08. The molecule has 0 saturated carbocycles. The molecule has 4 aromatic rings. The van der Waals surface area contributed by atoms with Crippen LogP contribution in [0.4, 0.5) is 10.3 Å². The van der Waals surface area contributed by atoms with E-state index < -0.39 is 0 Å². The minimum absolute atomic E-state index is 0.210. The smallest absolute Gasteiger partial charge is 0.265 e. The first-order valence-corrected chi connectivity index (χ1v) is 11.7. The van der Waals surface area contributed by atoms with E-state index in [1.54, 1.807) is 6.20 Å². The van der Waals surface area contributed by atoms with E-state index in [4.69, 9.17) is 0 Å². The molecule has 2 aromatic heterocycles. The molecule has 152 valence electrons. The summed E-state index contributed by atoms with van der Waals surface area (Å²) in [5.74, 6) is -0.348. The Labute approximate surface area is 193 Å². The fourth-order valence-electron chi connectivity index (χ4n) is 2.91. The lowest BCUT2D eigenvalue weighted by Gasteiger charge is -2.06. The van der Waals surface area contributed by atoms with E-state index in [1.165, 1.54) is 27.7 Å².